The van der Waals surface area contributed by atoms with Gasteiger partial charge >= 0.3 is 0 Å². The van der Waals surface area contributed by atoms with Crippen LogP contribution in [-0.4, -0.2) is 29.0 Å². The summed E-state index contributed by atoms with van der Waals surface area (Å²) >= 11 is 3.42. The molecule has 2 aliphatic rings. The van der Waals surface area contributed by atoms with Crippen molar-refractivity contribution in [1.29, 1.82) is 0 Å². The van der Waals surface area contributed by atoms with Crippen LogP contribution in [0.3, 0.4) is 0 Å². The van der Waals surface area contributed by atoms with Crippen LogP contribution in [0.2, 0.25) is 0 Å². The molecule has 0 aromatic carbocycles. The van der Waals surface area contributed by atoms with Crippen molar-refractivity contribution < 1.29 is 4.79 Å². The van der Waals surface area contributed by atoms with Crippen LogP contribution in [0.4, 0.5) is 0 Å². The summed E-state index contributed by atoms with van der Waals surface area (Å²) in [5, 5.41) is 0. The second-order valence-corrected chi connectivity index (χ2v) is 7.19. The van der Waals surface area contributed by atoms with Crippen LogP contribution >= 0.6 is 15.9 Å². The summed E-state index contributed by atoms with van der Waals surface area (Å²) in [4.78, 5) is 14.4. The smallest absolute Gasteiger partial charge is 0.270 e. The van der Waals surface area contributed by atoms with Gasteiger partial charge < -0.3 is 9.47 Å². The van der Waals surface area contributed by atoms with Crippen LogP contribution in [0.25, 0.3) is 0 Å². The first kappa shape index (κ1) is 13.2. The lowest BCUT2D eigenvalue weighted by Gasteiger charge is -2.27. The fourth-order valence-electron chi connectivity index (χ4n) is 3.97. The third kappa shape index (κ3) is 2.47. The molecule has 2 fully saturated rings. The van der Waals surface area contributed by atoms with Gasteiger partial charge in [0.25, 0.3) is 5.91 Å². The molecule has 1 amide bonds. The Bertz CT molecular complexity index is 496. The molecule has 0 N–H and O–H groups in total. The van der Waals surface area contributed by atoms with Crippen LogP contribution in [0, 0.1) is 17.8 Å². The van der Waals surface area contributed by atoms with Gasteiger partial charge in [-0.05, 0) is 59.0 Å². The average molecular weight is 325 g/mol. The third-order valence-corrected chi connectivity index (χ3v) is 5.36. The molecule has 1 aromatic heterocycles. The fraction of sp³-hybridized carbons (Fsp3) is 0.667. The van der Waals surface area contributed by atoms with E-state index < -0.39 is 0 Å². The van der Waals surface area contributed by atoms with Crippen LogP contribution < -0.4 is 0 Å². The molecule has 4 heteroatoms. The standard InChI is InChI=1S/C15H21BrN2O/c1-17-9-13(16)7-14(17)15(19)18(2)8-12-6-10-3-4-11(12)5-10/h7,9-12H,3-6,8H2,1-2H3. The Morgan fingerprint density at radius 1 is 1.47 bits per heavy atom. The van der Waals surface area contributed by atoms with E-state index in [9.17, 15) is 4.79 Å². The molecule has 3 atom stereocenters. The van der Waals surface area contributed by atoms with Crippen LogP contribution in [-0.2, 0) is 7.05 Å². The highest BCUT2D eigenvalue weighted by atomic mass is 79.9. The number of halogens is 1. The normalized spacial score (nSPS) is 28.9. The lowest BCUT2D eigenvalue weighted by Crippen LogP contribution is -2.34. The Kier molecular flexibility index (Phi) is 3.46. The molecule has 2 aliphatic carbocycles. The number of nitrogens with zero attached hydrogens (tertiary/aromatic N) is 2. The summed E-state index contributed by atoms with van der Waals surface area (Å²) in [6, 6.07) is 1.90. The first-order chi connectivity index (χ1) is 9.04. The zero-order valence-electron chi connectivity index (χ0n) is 11.6. The summed E-state index contributed by atoms with van der Waals surface area (Å²) in [5.41, 5.74) is 0.762. The Morgan fingerprint density at radius 2 is 2.26 bits per heavy atom. The van der Waals surface area contributed by atoms with Crippen LogP contribution in [0.15, 0.2) is 16.7 Å². The van der Waals surface area contributed by atoms with Crippen molar-refractivity contribution >= 4 is 21.8 Å². The van der Waals surface area contributed by atoms with Crippen molar-refractivity contribution in [1.82, 2.24) is 9.47 Å². The number of aryl methyl sites for hydroxylation is 1. The number of fused-ring (bicyclic) bond motifs is 2. The van der Waals surface area contributed by atoms with E-state index in [1.54, 1.807) is 0 Å². The van der Waals surface area contributed by atoms with E-state index >= 15 is 0 Å². The Morgan fingerprint density at radius 3 is 2.79 bits per heavy atom. The predicted octanol–water partition coefficient (Wildman–Crippen LogP) is 3.30. The van der Waals surface area contributed by atoms with Gasteiger partial charge in [0.05, 0.1) is 0 Å². The van der Waals surface area contributed by atoms with Gasteiger partial charge in [0.1, 0.15) is 5.69 Å². The molecule has 19 heavy (non-hydrogen) atoms. The molecule has 0 saturated heterocycles. The van der Waals surface area contributed by atoms with Crippen molar-refractivity contribution in [3.8, 4) is 0 Å². The van der Waals surface area contributed by atoms with Gasteiger partial charge in [0.15, 0.2) is 0 Å². The summed E-state index contributed by atoms with van der Waals surface area (Å²) < 4.78 is 2.86. The summed E-state index contributed by atoms with van der Waals surface area (Å²) in [6.45, 7) is 0.919. The minimum absolute atomic E-state index is 0.135. The Balaban J connectivity index is 1.65. The molecule has 104 valence electrons. The number of amides is 1. The second-order valence-electron chi connectivity index (χ2n) is 6.28. The molecule has 3 unspecified atom stereocenters. The van der Waals surface area contributed by atoms with Crippen molar-refractivity contribution in [3.63, 3.8) is 0 Å². The van der Waals surface area contributed by atoms with Gasteiger partial charge in [-0.3, -0.25) is 4.79 Å². The Labute approximate surface area is 123 Å². The van der Waals surface area contributed by atoms with E-state index in [1.807, 2.05) is 35.8 Å². The van der Waals surface area contributed by atoms with Gasteiger partial charge in [-0.25, -0.2) is 0 Å². The maximum Gasteiger partial charge on any atom is 0.270 e. The molecule has 0 radical (unpaired) electrons. The third-order valence-electron chi connectivity index (χ3n) is 4.93. The van der Waals surface area contributed by atoms with Crippen LogP contribution in [0.1, 0.15) is 36.2 Å². The fourth-order valence-corrected chi connectivity index (χ4v) is 4.49. The number of carbonyl (C=O) groups is 1. The van der Waals surface area contributed by atoms with E-state index in [0.29, 0.717) is 0 Å². The second kappa shape index (κ2) is 4.97. The van der Waals surface area contributed by atoms with Crippen molar-refractivity contribution in [2.24, 2.45) is 24.8 Å². The first-order valence-corrected chi connectivity index (χ1v) is 7.91. The number of hydrogen-bond acceptors (Lipinski definition) is 1. The van der Waals surface area contributed by atoms with E-state index in [4.69, 9.17) is 0 Å². The predicted molar refractivity (Wildman–Crippen MR) is 79.0 cm³/mol. The molecule has 2 bridgehead atoms. The molecule has 0 aliphatic heterocycles. The largest absolute Gasteiger partial charge is 0.345 e. The van der Waals surface area contributed by atoms with Crippen LogP contribution in [0.5, 0.6) is 0 Å². The summed E-state index contributed by atoms with van der Waals surface area (Å²) in [7, 11) is 3.86. The summed E-state index contributed by atoms with van der Waals surface area (Å²) in [6.07, 6.45) is 7.47. The van der Waals surface area contributed by atoms with Crippen molar-refractivity contribution in [2.45, 2.75) is 25.7 Å². The number of carbonyl (C=O) groups excluding carboxylic acids is 1. The minimum atomic E-state index is 0.135. The van der Waals surface area contributed by atoms with Gasteiger partial charge in [0, 0.05) is 31.3 Å². The number of aromatic nitrogens is 1. The van der Waals surface area contributed by atoms with E-state index in [-0.39, 0.29) is 5.91 Å². The molecular weight excluding hydrogens is 304 g/mol. The maximum atomic E-state index is 12.5. The molecule has 1 aromatic rings. The number of rotatable bonds is 3. The van der Waals surface area contributed by atoms with Gasteiger partial charge in [-0.2, -0.15) is 0 Å². The molecule has 0 spiro atoms. The van der Waals surface area contributed by atoms with Crippen molar-refractivity contribution in [3.05, 3.63) is 22.4 Å². The number of hydrogen-bond donors (Lipinski definition) is 0. The topological polar surface area (TPSA) is 25.2 Å². The highest BCUT2D eigenvalue weighted by Gasteiger charge is 2.40. The van der Waals surface area contributed by atoms with E-state index in [2.05, 4.69) is 15.9 Å². The monoisotopic (exact) mass is 324 g/mol. The zero-order chi connectivity index (χ0) is 13.6. The highest BCUT2D eigenvalue weighted by Crippen LogP contribution is 2.48. The summed E-state index contributed by atoms with van der Waals surface area (Å²) in [5.74, 6) is 2.69. The zero-order valence-corrected chi connectivity index (χ0v) is 13.2. The molecule has 2 saturated carbocycles. The van der Waals surface area contributed by atoms with Gasteiger partial charge in [0.2, 0.25) is 0 Å². The lowest BCUT2D eigenvalue weighted by atomic mass is 9.88. The SMILES string of the molecule is CN(CC1CC2CCC1C2)C(=O)c1cc(Br)cn1C. The molecule has 1 heterocycles. The molecular formula is C15H21BrN2O. The maximum absolute atomic E-state index is 12.5. The van der Waals surface area contributed by atoms with Gasteiger partial charge in [-0.15, -0.1) is 0 Å². The highest BCUT2D eigenvalue weighted by molar-refractivity contribution is 9.10. The Hall–Kier alpha value is -0.770. The van der Waals surface area contributed by atoms with E-state index in [1.165, 1.54) is 25.7 Å². The molecule has 3 rings (SSSR count). The lowest BCUT2D eigenvalue weighted by molar-refractivity contribution is 0.0745. The average Bonchev–Trinajstić information content (AvgIpc) is 3.03. The van der Waals surface area contributed by atoms with E-state index in [0.717, 1.165) is 34.5 Å². The quantitative estimate of drug-likeness (QED) is 0.837. The minimum Gasteiger partial charge on any atom is -0.345 e. The first-order valence-electron chi connectivity index (χ1n) is 7.12. The molecule has 3 nitrogen and oxygen atoms in total. The van der Waals surface area contributed by atoms with Crippen molar-refractivity contribution in [2.75, 3.05) is 13.6 Å². The van der Waals surface area contributed by atoms with Gasteiger partial charge in [-0.1, -0.05) is 6.42 Å².